The smallest absolute Gasteiger partial charge is 0.335 e. The van der Waals surface area contributed by atoms with E-state index in [2.05, 4.69) is 4.98 Å². The minimum absolute atomic E-state index is 0.0704. The molecule has 7 nitrogen and oxygen atoms in total. The van der Waals surface area contributed by atoms with Gasteiger partial charge >= 0.3 is 5.97 Å². The SMILES string of the molecule is O=C(O)c1cc(Cl)c2nc(N3CCN(S(=O)(=O)c4cccc(F)c4)CC3)sc2c1. The lowest BCUT2D eigenvalue weighted by Crippen LogP contribution is -2.48. The highest BCUT2D eigenvalue weighted by atomic mass is 35.5. The van der Waals surface area contributed by atoms with Gasteiger partial charge in [-0.25, -0.2) is 22.6 Å². The number of benzene rings is 2. The summed E-state index contributed by atoms with van der Waals surface area (Å²) >= 11 is 7.47. The van der Waals surface area contributed by atoms with E-state index in [1.54, 1.807) is 0 Å². The van der Waals surface area contributed by atoms with E-state index in [-0.39, 0.29) is 28.6 Å². The summed E-state index contributed by atoms with van der Waals surface area (Å²) in [6.07, 6.45) is 0. The Labute approximate surface area is 175 Å². The molecule has 0 atom stereocenters. The van der Waals surface area contributed by atoms with Crippen molar-refractivity contribution in [2.45, 2.75) is 4.90 Å². The molecule has 1 aliphatic heterocycles. The standard InChI is InChI=1S/C18H15ClFN3O4S2/c19-14-8-11(17(24)25)9-15-16(14)21-18(28-15)22-4-6-23(7-5-22)29(26,27)13-3-1-2-12(20)10-13/h1-3,8-10H,4-7H2,(H,24,25). The van der Waals surface area contributed by atoms with Crippen LogP contribution < -0.4 is 4.90 Å². The lowest BCUT2D eigenvalue weighted by atomic mass is 10.2. The first kappa shape index (κ1) is 20.0. The summed E-state index contributed by atoms with van der Waals surface area (Å²) < 4.78 is 40.8. The van der Waals surface area contributed by atoms with Gasteiger partial charge in [0.1, 0.15) is 11.3 Å². The van der Waals surface area contributed by atoms with Crippen molar-refractivity contribution in [1.29, 1.82) is 0 Å². The fourth-order valence-electron chi connectivity index (χ4n) is 3.13. The van der Waals surface area contributed by atoms with Crippen LogP contribution in [0.1, 0.15) is 10.4 Å². The molecule has 0 spiro atoms. The number of thiazole rings is 1. The molecule has 1 aliphatic rings. The van der Waals surface area contributed by atoms with Gasteiger partial charge in [0, 0.05) is 26.2 Å². The summed E-state index contributed by atoms with van der Waals surface area (Å²) in [5.41, 5.74) is 0.607. The van der Waals surface area contributed by atoms with Gasteiger partial charge in [-0.2, -0.15) is 4.31 Å². The quantitative estimate of drug-likeness (QED) is 0.649. The monoisotopic (exact) mass is 455 g/mol. The van der Waals surface area contributed by atoms with Crippen LogP contribution in [0.25, 0.3) is 10.2 Å². The van der Waals surface area contributed by atoms with Gasteiger partial charge < -0.3 is 10.0 Å². The first-order chi connectivity index (χ1) is 13.8. The molecule has 1 saturated heterocycles. The molecule has 0 unspecified atom stereocenters. The molecule has 2 aromatic carbocycles. The predicted octanol–water partition coefficient (Wildman–Crippen LogP) is 3.30. The minimum Gasteiger partial charge on any atom is -0.478 e. The Morgan fingerprint density at radius 3 is 2.55 bits per heavy atom. The number of anilines is 1. The summed E-state index contributed by atoms with van der Waals surface area (Å²) in [5, 5.41) is 10.1. The second-order valence-corrected chi connectivity index (χ2v) is 9.81. The average molecular weight is 456 g/mol. The van der Waals surface area contributed by atoms with E-state index >= 15 is 0 Å². The first-order valence-electron chi connectivity index (χ1n) is 8.60. The van der Waals surface area contributed by atoms with Crippen LogP contribution in [0.2, 0.25) is 5.02 Å². The highest BCUT2D eigenvalue weighted by Crippen LogP contribution is 2.34. The Morgan fingerprint density at radius 1 is 1.17 bits per heavy atom. The van der Waals surface area contributed by atoms with E-state index in [1.807, 2.05) is 4.90 Å². The molecule has 29 heavy (non-hydrogen) atoms. The van der Waals surface area contributed by atoms with Crippen LogP contribution in [0, 0.1) is 5.82 Å². The third-order valence-corrected chi connectivity index (χ3v) is 7.87. The minimum atomic E-state index is -3.77. The zero-order chi connectivity index (χ0) is 20.8. The molecule has 3 aromatic rings. The molecule has 2 heterocycles. The van der Waals surface area contributed by atoms with Gasteiger partial charge in [-0.15, -0.1) is 0 Å². The Balaban J connectivity index is 1.54. The van der Waals surface area contributed by atoms with Crippen LogP contribution in [-0.2, 0) is 10.0 Å². The van der Waals surface area contributed by atoms with Crippen molar-refractivity contribution >= 4 is 54.3 Å². The van der Waals surface area contributed by atoms with Crippen LogP contribution in [0.5, 0.6) is 0 Å². The van der Waals surface area contributed by atoms with Gasteiger partial charge in [0.15, 0.2) is 5.13 Å². The maximum absolute atomic E-state index is 13.4. The third-order valence-electron chi connectivity index (χ3n) is 4.63. The van der Waals surface area contributed by atoms with E-state index in [1.165, 1.54) is 46.0 Å². The maximum Gasteiger partial charge on any atom is 0.335 e. The highest BCUT2D eigenvalue weighted by Gasteiger charge is 2.30. The van der Waals surface area contributed by atoms with Gasteiger partial charge in [0.05, 0.1) is 20.2 Å². The van der Waals surface area contributed by atoms with Crippen LogP contribution in [0.3, 0.4) is 0 Å². The molecular formula is C18H15ClFN3O4S2. The van der Waals surface area contributed by atoms with Crippen molar-refractivity contribution in [1.82, 2.24) is 9.29 Å². The number of hydrogen-bond acceptors (Lipinski definition) is 6. The number of fused-ring (bicyclic) bond motifs is 1. The van der Waals surface area contributed by atoms with Gasteiger partial charge in [-0.05, 0) is 30.3 Å². The molecular weight excluding hydrogens is 441 g/mol. The molecule has 1 N–H and O–H groups in total. The molecule has 0 amide bonds. The van der Waals surface area contributed by atoms with Crippen molar-refractivity contribution in [3.05, 3.63) is 52.8 Å². The lowest BCUT2D eigenvalue weighted by Gasteiger charge is -2.33. The molecule has 1 aromatic heterocycles. The van der Waals surface area contributed by atoms with Crippen LogP contribution in [0.15, 0.2) is 41.3 Å². The number of halogens is 2. The van der Waals surface area contributed by atoms with Crippen molar-refractivity contribution in [2.75, 3.05) is 31.1 Å². The fraction of sp³-hybridized carbons (Fsp3) is 0.222. The number of carboxylic acids is 1. The number of sulfonamides is 1. The molecule has 1 fully saturated rings. The molecule has 4 rings (SSSR count). The Morgan fingerprint density at radius 2 is 1.90 bits per heavy atom. The van der Waals surface area contributed by atoms with E-state index < -0.39 is 21.8 Å². The first-order valence-corrected chi connectivity index (χ1v) is 11.2. The molecule has 0 aliphatic carbocycles. The number of aromatic carboxylic acids is 1. The van der Waals surface area contributed by atoms with Crippen LogP contribution in [0.4, 0.5) is 9.52 Å². The van der Waals surface area contributed by atoms with Gasteiger partial charge in [-0.1, -0.05) is 29.0 Å². The summed E-state index contributed by atoms with van der Waals surface area (Å²) in [5.74, 6) is -1.67. The topological polar surface area (TPSA) is 90.8 Å². The Kier molecular flexibility index (Phi) is 5.19. The van der Waals surface area contributed by atoms with Crippen molar-refractivity contribution in [3.63, 3.8) is 0 Å². The number of aromatic nitrogens is 1. The van der Waals surface area contributed by atoms with Crippen LogP contribution >= 0.6 is 22.9 Å². The normalized spacial score (nSPS) is 15.7. The van der Waals surface area contributed by atoms with Crippen LogP contribution in [-0.4, -0.2) is 55.0 Å². The molecule has 0 saturated carbocycles. The summed E-state index contributed by atoms with van der Waals surface area (Å²) in [4.78, 5) is 17.6. The average Bonchev–Trinajstić information content (AvgIpc) is 3.13. The number of rotatable bonds is 4. The van der Waals surface area contributed by atoms with Gasteiger partial charge in [0.2, 0.25) is 10.0 Å². The zero-order valence-electron chi connectivity index (χ0n) is 14.9. The number of carbonyl (C=O) groups is 1. The second kappa shape index (κ2) is 7.52. The molecule has 0 bridgehead atoms. The Bertz CT molecular complexity index is 1210. The van der Waals surface area contributed by atoms with Crippen molar-refractivity contribution in [3.8, 4) is 0 Å². The zero-order valence-corrected chi connectivity index (χ0v) is 17.3. The van der Waals surface area contributed by atoms with Gasteiger partial charge in [0.25, 0.3) is 0 Å². The third kappa shape index (κ3) is 3.80. The fourth-order valence-corrected chi connectivity index (χ4v) is 5.99. The molecule has 11 heteroatoms. The molecule has 0 radical (unpaired) electrons. The number of piperazine rings is 1. The van der Waals surface area contributed by atoms with E-state index in [0.717, 1.165) is 6.07 Å². The van der Waals surface area contributed by atoms with Gasteiger partial charge in [-0.3, -0.25) is 0 Å². The predicted molar refractivity (Wildman–Crippen MR) is 109 cm³/mol. The Hall–Kier alpha value is -2.27. The van der Waals surface area contributed by atoms with Crippen molar-refractivity contribution < 1.29 is 22.7 Å². The maximum atomic E-state index is 13.4. The van der Waals surface area contributed by atoms with Crippen molar-refractivity contribution in [2.24, 2.45) is 0 Å². The van der Waals surface area contributed by atoms with E-state index in [0.29, 0.717) is 28.4 Å². The number of nitrogens with zero attached hydrogens (tertiary/aromatic N) is 3. The summed E-state index contributed by atoms with van der Waals surface area (Å²) in [6, 6.07) is 7.84. The lowest BCUT2D eigenvalue weighted by molar-refractivity contribution is 0.0697. The number of hydrogen-bond donors (Lipinski definition) is 1. The van der Waals surface area contributed by atoms with E-state index in [9.17, 15) is 22.7 Å². The molecule has 152 valence electrons. The summed E-state index contributed by atoms with van der Waals surface area (Å²) in [7, 11) is -3.77. The largest absolute Gasteiger partial charge is 0.478 e. The highest BCUT2D eigenvalue weighted by molar-refractivity contribution is 7.89. The van der Waals surface area contributed by atoms with E-state index in [4.69, 9.17) is 11.6 Å². The second-order valence-electron chi connectivity index (χ2n) is 6.45. The summed E-state index contributed by atoms with van der Waals surface area (Å²) in [6.45, 7) is 1.25. The number of carboxylic acid groups (broad SMARTS) is 1.